The molecule has 0 radical (unpaired) electrons. The first kappa shape index (κ1) is 15.7. The van der Waals surface area contributed by atoms with Crippen molar-refractivity contribution < 1.29 is 18.7 Å². The number of amides is 1. The topological polar surface area (TPSA) is 64.8 Å². The average molecular weight is 334 g/mol. The van der Waals surface area contributed by atoms with Crippen LogP contribution in [-0.2, 0) is 4.79 Å². The van der Waals surface area contributed by atoms with Gasteiger partial charge in [0.1, 0.15) is 17.8 Å². The molecule has 1 fully saturated rings. The summed E-state index contributed by atoms with van der Waals surface area (Å²) >= 11 is 1.37. The van der Waals surface area contributed by atoms with Crippen LogP contribution in [0.1, 0.15) is 12.1 Å². The third-order valence-corrected chi connectivity index (χ3v) is 4.76. The Morgan fingerprint density at radius 1 is 1.26 bits per heavy atom. The normalized spacial score (nSPS) is 17.6. The smallest absolute Gasteiger partial charge is 0.256 e. The molecule has 1 saturated heterocycles. The fourth-order valence-electron chi connectivity index (χ4n) is 2.48. The van der Waals surface area contributed by atoms with Crippen LogP contribution in [0.25, 0.3) is 0 Å². The molecule has 0 unspecified atom stereocenters. The summed E-state index contributed by atoms with van der Waals surface area (Å²) in [6.45, 7) is 2.51. The number of hydrogen-bond acceptors (Lipinski definition) is 6. The zero-order valence-electron chi connectivity index (χ0n) is 13.2. The van der Waals surface area contributed by atoms with Gasteiger partial charge in [0, 0.05) is 24.7 Å². The highest BCUT2D eigenvalue weighted by molar-refractivity contribution is 8.00. The van der Waals surface area contributed by atoms with Gasteiger partial charge in [-0.25, -0.2) is 4.98 Å². The van der Waals surface area contributed by atoms with E-state index in [1.807, 2.05) is 19.1 Å². The first-order valence-electron chi connectivity index (χ1n) is 7.24. The van der Waals surface area contributed by atoms with E-state index in [2.05, 4.69) is 4.98 Å². The Morgan fingerprint density at radius 2 is 1.96 bits per heavy atom. The Labute approximate surface area is 138 Å². The van der Waals surface area contributed by atoms with E-state index in [1.165, 1.54) is 11.8 Å². The molecule has 1 aliphatic rings. The molecular formula is C16H18N2O4S. The molecule has 1 amide bonds. The summed E-state index contributed by atoms with van der Waals surface area (Å²) in [5.41, 5.74) is 1.59. The highest BCUT2D eigenvalue weighted by Crippen LogP contribution is 2.35. The Balaban J connectivity index is 1.78. The maximum atomic E-state index is 12.7. The Hall–Kier alpha value is -2.15. The summed E-state index contributed by atoms with van der Waals surface area (Å²) < 4.78 is 15.9. The van der Waals surface area contributed by atoms with Crippen molar-refractivity contribution in [3.63, 3.8) is 0 Å². The van der Waals surface area contributed by atoms with Crippen LogP contribution >= 0.6 is 11.8 Å². The molecule has 2 aromatic rings. The first-order chi connectivity index (χ1) is 11.1. The number of anilines is 1. The van der Waals surface area contributed by atoms with Gasteiger partial charge in [-0.2, -0.15) is 0 Å². The van der Waals surface area contributed by atoms with E-state index in [0.717, 1.165) is 17.8 Å². The standard InChI is InChI=1S/C16H18N2O4S/c1-10-9-22-16(17-10)23-14-4-5-18(15(14)19)11-6-12(20-2)8-13(7-11)21-3/h6-9,14H,4-5H2,1-3H3/t14-/m0/s1. The first-order valence-corrected chi connectivity index (χ1v) is 8.12. The van der Waals surface area contributed by atoms with Crippen molar-refractivity contribution in [1.82, 2.24) is 4.98 Å². The van der Waals surface area contributed by atoms with Gasteiger partial charge in [0.2, 0.25) is 5.91 Å². The van der Waals surface area contributed by atoms with Crippen LogP contribution in [0.5, 0.6) is 11.5 Å². The molecule has 1 atom stereocenters. The van der Waals surface area contributed by atoms with Crippen LogP contribution in [0.3, 0.4) is 0 Å². The highest BCUT2D eigenvalue weighted by Gasteiger charge is 2.34. The molecule has 0 aliphatic carbocycles. The molecule has 0 bridgehead atoms. The number of aromatic nitrogens is 1. The Bertz CT molecular complexity index is 694. The van der Waals surface area contributed by atoms with E-state index in [0.29, 0.717) is 23.3 Å². The van der Waals surface area contributed by atoms with E-state index in [-0.39, 0.29) is 11.2 Å². The number of thioether (sulfide) groups is 1. The van der Waals surface area contributed by atoms with E-state index >= 15 is 0 Å². The average Bonchev–Trinajstić information content (AvgIpc) is 3.13. The van der Waals surface area contributed by atoms with Gasteiger partial charge < -0.3 is 18.8 Å². The van der Waals surface area contributed by atoms with Gasteiger partial charge in [0.15, 0.2) is 0 Å². The van der Waals surface area contributed by atoms with Gasteiger partial charge in [0.05, 0.1) is 30.9 Å². The van der Waals surface area contributed by atoms with Gasteiger partial charge in [-0.1, -0.05) is 11.8 Å². The largest absolute Gasteiger partial charge is 0.497 e. The number of rotatable bonds is 5. The van der Waals surface area contributed by atoms with Crippen molar-refractivity contribution in [2.45, 2.75) is 23.8 Å². The van der Waals surface area contributed by atoms with Crippen molar-refractivity contribution in [2.75, 3.05) is 25.7 Å². The summed E-state index contributed by atoms with van der Waals surface area (Å²) in [6.07, 6.45) is 2.33. The lowest BCUT2D eigenvalue weighted by Crippen LogP contribution is -2.28. The molecule has 6 nitrogen and oxygen atoms in total. The minimum Gasteiger partial charge on any atom is -0.497 e. The second-order valence-electron chi connectivity index (χ2n) is 5.21. The number of benzene rings is 1. The quantitative estimate of drug-likeness (QED) is 0.838. The molecule has 1 aliphatic heterocycles. The number of hydrogen-bond donors (Lipinski definition) is 0. The second-order valence-corrected chi connectivity index (χ2v) is 6.36. The summed E-state index contributed by atoms with van der Waals surface area (Å²) in [7, 11) is 3.18. The molecule has 23 heavy (non-hydrogen) atoms. The molecule has 1 aromatic heterocycles. The molecule has 0 spiro atoms. The number of carbonyl (C=O) groups excluding carboxylic acids is 1. The van der Waals surface area contributed by atoms with E-state index in [9.17, 15) is 4.79 Å². The monoisotopic (exact) mass is 334 g/mol. The Morgan fingerprint density at radius 3 is 2.52 bits per heavy atom. The van der Waals surface area contributed by atoms with Gasteiger partial charge >= 0.3 is 0 Å². The van der Waals surface area contributed by atoms with Crippen LogP contribution < -0.4 is 14.4 Å². The number of methoxy groups -OCH3 is 2. The summed E-state index contributed by atoms with van der Waals surface area (Å²) in [4.78, 5) is 18.7. The van der Waals surface area contributed by atoms with Crippen molar-refractivity contribution in [3.05, 3.63) is 30.2 Å². The predicted molar refractivity (Wildman–Crippen MR) is 87.4 cm³/mol. The van der Waals surface area contributed by atoms with Gasteiger partial charge in [0.25, 0.3) is 5.22 Å². The highest BCUT2D eigenvalue weighted by atomic mass is 32.2. The van der Waals surface area contributed by atoms with Crippen molar-refractivity contribution in [2.24, 2.45) is 0 Å². The maximum absolute atomic E-state index is 12.7. The van der Waals surface area contributed by atoms with Crippen LogP contribution in [0.15, 0.2) is 34.1 Å². The second kappa shape index (κ2) is 6.54. The lowest BCUT2D eigenvalue weighted by molar-refractivity contribution is -0.116. The predicted octanol–water partition coefficient (Wildman–Crippen LogP) is 2.90. The summed E-state index contributed by atoms with van der Waals surface area (Å²) in [5.74, 6) is 1.36. The van der Waals surface area contributed by atoms with E-state index < -0.39 is 0 Å². The molecule has 1 aromatic carbocycles. The minimum atomic E-state index is -0.190. The number of aryl methyl sites for hydroxylation is 1. The van der Waals surface area contributed by atoms with Crippen LogP contribution in [0, 0.1) is 6.92 Å². The minimum absolute atomic E-state index is 0.0427. The molecule has 2 heterocycles. The molecule has 0 N–H and O–H groups in total. The van der Waals surface area contributed by atoms with Crippen LogP contribution in [0.4, 0.5) is 5.69 Å². The van der Waals surface area contributed by atoms with Crippen molar-refractivity contribution >= 4 is 23.4 Å². The molecule has 3 rings (SSSR count). The number of oxazole rings is 1. The summed E-state index contributed by atoms with van der Waals surface area (Å²) in [6, 6.07) is 5.46. The Kier molecular flexibility index (Phi) is 4.47. The maximum Gasteiger partial charge on any atom is 0.256 e. The zero-order valence-corrected chi connectivity index (χ0v) is 14.1. The van der Waals surface area contributed by atoms with E-state index in [4.69, 9.17) is 13.9 Å². The van der Waals surface area contributed by atoms with E-state index in [1.54, 1.807) is 31.4 Å². The molecule has 122 valence electrons. The van der Waals surface area contributed by atoms with Crippen molar-refractivity contribution in [1.29, 1.82) is 0 Å². The number of carbonyl (C=O) groups is 1. The lowest BCUT2D eigenvalue weighted by atomic mass is 10.2. The van der Waals surface area contributed by atoms with Crippen LogP contribution in [-0.4, -0.2) is 36.9 Å². The SMILES string of the molecule is COc1cc(OC)cc(N2CC[C@H](Sc3nc(C)co3)C2=O)c1. The van der Waals surface area contributed by atoms with Gasteiger partial charge in [-0.05, 0) is 13.3 Å². The third kappa shape index (κ3) is 3.29. The number of ether oxygens (including phenoxy) is 2. The third-order valence-electron chi connectivity index (χ3n) is 3.65. The number of nitrogens with zero attached hydrogens (tertiary/aromatic N) is 2. The van der Waals surface area contributed by atoms with Gasteiger partial charge in [-0.3, -0.25) is 4.79 Å². The molecule has 0 saturated carbocycles. The molecular weight excluding hydrogens is 316 g/mol. The summed E-state index contributed by atoms with van der Waals surface area (Å²) in [5, 5.41) is 0.344. The lowest BCUT2D eigenvalue weighted by Gasteiger charge is -2.18. The zero-order chi connectivity index (χ0) is 16.4. The van der Waals surface area contributed by atoms with Crippen molar-refractivity contribution in [3.8, 4) is 11.5 Å². The van der Waals surface area contributed by atoms with Gasteiger partial charge in [-0.15, -0.1) is 0 Å². The fourth-order valence-corrected chi connectivity index (χ4v) is 3.47. The van der Waals surface area contributed by atoms with Crippen LogP contribution in [0.2, 0.25) is 0 Å². The molecule has 7 heteroatoms. The fraction of sp³-hybridized carbons (Fsp3) is 0.375.